The maximum absolute atomic E-state index is 6.38. The van der Waals surface area contributed by atoms with E-state index in [1.54, 1.807) is 0 Å². The molecule has 2 nitrogen and oxygen atoms in total. The third kappa shape index (κ3) is 3.84. The lowest BCUT2D eigenvalue weighted by atomic mass is 9.81. The molecule has 0 amide bonds. The summed E-state index contributed by atoms with van der Waals surface area (Å²) in [5.41, 5.74) is 12.5. The Hall–Kier alpha value is -4.60. The van der Waals surface area contributed by atoms with Crippen molar-refractivity contribution in [1.29, 1.82) is 0 Å². The van der Waals surface area contributed by atoms with Crippen LogP contribution in [0.5, 0.6) is 0 Å². The first-order valence-electron chi connectivity index (χ1n) is 14.3. The molecule has 0 spiro atoms. The van der Waals surface area contributed by atoms with Crippen LogP contribution in [0.2, 0.25) is 0 Å². The minimum absolute atomic E-state index is 0.180. The SMILES string of the molecule is CC1(C)c2ccccc2-c2cc(Br)cc(N(c3cccc(-c4ccccc4)c3)c3ccc4c(c3)oc3ccccc34)c21. The maximum atomic E-state index is 6.38. The second-order valence-corrected chi connectivity index (χ2v) is 12.5. The number of furan rings is 1. The highest BCUT2D eigenvalue weighted by Crippen LogP contribution is 2.55. The topological polar surface area (TPSA) is 16.4 Å². The van der Waals surface area contributed by atoms with Crippen LogP contribution in [-0.4, -0.2) is 0 Å². The Morgan fingerprint density at radius 1 is 0.571 bits per heavy atom. The van der Waals surface area contributed by atoms with E-state index in [4.69, 9.17) is 4.42 Å². The summed E-state index contributed by atoms with van der Waals surface area (Å²) in [6.45, 7) is 4.69. The third-order valence-corrected chi connectivity index (χ3v) is 9.13. The van der Waals surface area contributed by atoms with Crippen LogP contribution in [0.4, 0.5) is 17.1 Å². The molecule has 3 heteroatoms. The number of hydrogen-bond acceptors (Lipinski definition) is 2. The first-order chi connectivity index (χ1) is 20.5. The van der Waals surface area contributed by atoms with Gasteiger partial charge in [-0.15, -0.1) is 0 Å². The Morgan fingerprint density at radius 2 is 1.29 bits per heavy atom. The molecule has 0 bridgehead atoms. The second-order valence-electron chi connectivity index (χ2n) is 11.5. The molecule has 7 aromatic rings. The number of hydrogen-bond donors (Lipinski definition) is 0. The van der Waals surface area contributed by atoms with E-state index in [-0.39, 0.29) is 5.41 Å². The summed E-state index contributed by atoms with van der Waals surface area (Å²) in [7, 11) is 0. The predicted molar refractivity (Wildman–Crippen MR) is 179 cm³/mol. The summed E-state index contributed by atoms with van der Waals surface area (Å²) in [5, 5.41) is 2.26. The molecule has 0 fully saturated rings. The molecular weight excluding hydrogens is 578 g/mol. The van der Waals surface area contributed by atoms with Crippen molar-refractivity contribution in [2.45, 2.75) is 19.3 Å². The van der Waals surface area contributed by atoms with Gasteiger partial charge in [0.15, 0.2) is 0 Å². The molecule has 202 valence electrons. The number of nitrogens with zero attached hydrogens (tertiary/aromatic N) is 1. The van der Waals surface area contributed by atoms with Crippen molar-refractivity contribution in [1.82, 2.24) is 0 Å². The molecule has 0 saturated carbocycles. The smallest absolute Gasteiger partial charge is 0.137 e. The summed E-state index contributed by atoms with van der Waals surface area (Å²) in [4.78, 5) is 2.40. The van der Waals surface area contributed by atoms with Crippen molar-refractivity contribution in [3.8, 4) is 22.3 Å². The minimum Gasteiger partial charge on any atom is -0.456 e. The summed E-state index contributed by atoms with van der Waals surface area (Å²) in [6, 6.07) is 47.6. The van der Waals surface area contributed by atoms with Crippen molar-refractivity contribution in [3.63, 3.8) is 0 Å². The Morgan fingerprint density at radius 3 is 2.17 bits per heavy atom. The second kappa shape index (κ2) is 9.47. The van der Waals surface area contributed by atoms with Gasteiger partial charge in [0.05, 0.1) is 5.69 Å². The lowest BCUT2D eigenvalue weighted by Gasteiger charge is -2.32. The zero-order valence-corrected chi connectivity index (χ0v) is 25.0. The molecule has 0 unspecified atom stereocenters. The Kier molecular flexibility index (Phi) is 5.67. The first-order valence-corrected chi connectivity index (χ1v) is 15.1. The van der Waals surface area contributed by atoms with E-state index in [9.17, 15) is 0 Å². The maximum Gasteiger partial charge on any atom is 0.137 e. The molecule has 0 saturated heterocycles. The Balaban J connectivity index is 1.41. The number of benzene rings is 6. The van der Waals surface area contributed by atoms with Gasteiger partial charge in [-0.1, -0.05) is 115 Å². The predicted octanol–water partition coefficient (Wildman–Crippen LogP) is 11.8. The van der Waals surface area contributed by atoms with Crippen molar-refractivity contribution >= 4 is 54.9 Å². The van der Waals surface area contributed by atoms with E-state index in [1.165, 1.54) is 33.4 Å². The first kappa shape index (κ1) is 25.1. The molecular formula is C39H28BrNO. The molecule has 1 heterocycles. The monoisotopic (exact) mass is 605 g/mol. The number of halogens is 1. The molecule has 1 aromatic heterocycles. The van der Waals surface area contributed by atoms with Gasteiger partial charge in [0, 0.05) is 38.1 Å². The fourth-order valence-electron chi connectivity index (χ4n) is 6.77. The van der Waals surface area contributed by atoms with Gasteiger partial charge in [-0.3, -0.25) is 0 Å². The standard InChI is InChI=1S/C39H28BrNO/c1-39(2)34-17-8-6-15-30(34)33-22-27(40)23-35(38(33)39)41(28-14-10-13-26(21-28)25-11-4-3-5-12-25)29-19-20-32-31-16-7-9-18-36(31)42-37(32)24-29/h3-24H,1-2H3. The number of para-hydroxylation sites is 1. The van der Waals surface area contributed by atoms with Gasteiger partial charge in [-0.05, 0) is 75.8 Å². The van der Waals surface area contributed by atoms with Gasteiger partial charge in [-0.25, -0.2) is 0 Å². The molecule has 1 aliphatic rings. The van der Waals surface area contributed by atoms with Gasteiger partial charge < -0.3 is 9.32 Å². The molecule has 0 aliphatic heterocycles. The van der Waals surface area contributed by atoms with Crippen LogP contribution in [0.25, 0.3) is 44.2 Å². The normalized spacial score (nSPS) is 13.3. The van der Waals surface area contributed by atoms with Crippen LogP contribution >= 0.6 is 15.9 Å². The van der Waals surface area contributed by atoms with E-state index in [0.29, 0.717) is 0 Å². The van der Waals surface area contributed by atoms with E-state index < -0.39 is 0 Å². The van der Waals surface area contributed by atoms with Crippen molar-refractivity contribution in [3.05, 3.63) is 149 Å². The highest BCUT2D eigenvalue weighted by molar-refractivity contribution is 9.10. The molecule has 42 heavy (non-hydrogen) atoms. The van der Waals surface area contributed by atoms with E-state index in [2.05, 4.69) is 156 Å². The molecule has 8 rings (SSSR count). The van der Waals surface area contributed by atoms with E-state index in [1.807, 2.05) is 12.1 Å². The molecule has 0 radical (unpaired) electrons. The summed E-state index contributed by atoms with van der Waals surface area (Å²) >= 11 is 3.89. The molecule has 6 aromatic carbocycles. The number of fused-ring (bicyclic) bond motifs is 6. The zero-order chi connectivity index (χ0) is 28.4. The van der Waals surface area contributed by atoms with Crippen LogP contribution in [0, 0.1) is 0 Å². The Bertz CT molecular complexity index is 2140. The summed E-state index contributed by atoms with van der Waals surface area (Å²) < 4.78 is 7.43. The quantitative estimate of drug-likeness (QED) is 0.198. The van der Waals surface area contributed by atoms with Crippen LogP contribution in [0.1, 0.15) is 25.0 Å². The van der Waals surface area contributed by atoms with Crippen molar-refractivity contribution in [2.24, 2.45) is 0 Å². The lowest BCUT2D eigenvalue weighted by Crippen LogP contribution is -2.20. The molecule has 0 atom stereocenters. The van der Waals surface area contributed by atoms with Crippen molar-refractivity contribution < 1.29 is 4.42 Å². The number of anilines is 3. The van der Waals surface area contributed by atoms with Crippen LogP contribution in [0.15, 0.2) is 142 Å². The van der Waals surface area contributed by atoms with Gasteiger partial charge in [0.1, 0.15) is 11.2 Å². The van der Waals surface area contributed by atoms with E-state index in [0.717, 1.165) is 43.5 Å². The summed E-state index contributed by atoms with van der Waals surface area (Å²) in [5.74, 6) is 0. The molecule has 1 aliphatic carbocycles. The van der Waals surface area contributed by atoms with Crippen molar-refractivity contribution in [2.75, 3.05) is 4.90 Å². The van der Waals surface area contributed by atoms with Gasteiger partial charge in [0.2, 0.25) is 0 Å². The Labute approximate surface area is 254 Å². The van der Waals surface area contributed by atoms with Crippen LogP contribution in [-0.2, 0) is 5.41 Å². The highest BCUT2D eigenvalue weighted by Gasteiger charge is 2.39. The van der Waals surface area contributed by atoms with Gasteiger partial charge in [0.25, 0.3) is 0 Å². The largest absolute Gasteiger partial charge is 0.456 e. The highest BCUT2D eigenvalue weighted by atomic mass is 79.9. The average molecular weight is 607 g/mol. The lowest BCUT2D eigenvalue weighted by molar-refractivity contribution is 0.660. The third-order valence-electron chi connectivity index (χ3n) is 8.67. The number of rotatable bonds is 4. The van der Waals surface area contributed by atoms with Crippen LogP contribution < -0.4 is 4.90 Å². The van der Waals surface area contributed by atoms with Gasteiger partial charge >= 0.3 is 0 Å². The fraction of sp³-hybridized carbons (Fsp3) is 0.0769. The minimum atomic E-state index is -0.180. The summed E-state index contributed by atoms with van der Waals surface area (Å²) in [6.07, 6.45) is 0. The molecule has 0 N–H and O–H groups in total. The van der Waals surface area contributed by atoms with Crippen LogP contribution in [0.3, 0.4) is 0 Å². The van der Waals surface area contributed by atoms with E-state index >= 15 is 0 Å². The average Bonchev–Trinajstić information content (AvgIpc) is 3.50. The van der Waals surface area contributed by atoms with Gasteiger partial charge in [-0.2, -0.15) is 0 Å². The fourth-order valence-corrected chi connectivity index (χ4v) is 7.22. The zero-order valence-electron chi connectivity index (χ0n) is 23.4.